The van der Waals surface area contributed by atoms with Gasteiger partial charge in [-0.25, -0.2) is 10.9 Å². The molecule has 12 heteroatoms. The lowest BCUT2D eigenvalue weighted by atomic mass is 10.1. The van der Waals surface area contributed by atoms with Gasteiger partial charge in [0.1, 0.15) is 0 Å². The number of unbranched alkanes of at least 4 members (excludes halogenated alkanes) is 24. The quantitative estimate of drug-likeness (QED) is 0.0374. The normalized spacial score (nSPS) is 11.1. The molecule has 0 fully saturated rings. The average Bonchev–Trinajstić information content (AvgIpc) is 3.36. The Morgan fingerprint density at radius 3 is 0.757 bits per heavy atom. The SMILES string of the molecule is CCCCCCCOc1cc(C(=O)NNCCNNC(=O)c2cc(OCCCCCCC)c(OCCCCCCC)c(OCCCCCCC)c2)cc(OCCCCCCC)c1OCCCCCCC. The maximum atomic E-state index is 13.7. The zero-order valence-corrected chi connectivity index (χ0v) is 45.4. The highest BCUT2D eigenvalue weighted by Gasteiger charge is 2.21. The molecular weight excluding hydrogens is 881 g/mol. The third-order valence-corrected chi connectivity index (χ3v) is 12.4. The van der Waals surface area contributed by atoms with Gasteiger partial charge in [0.15, 0.2) is 23.0 Å². The minimum Gasteiger partial charge on any atom is -0.490 e. The fourth-order valence-corrected chi connectivity index (χ4v) is 7.99. The van der Waals surface area contributed by atoms with E-state index in [0.29, 0.717) is 98.4 Å². The molecule has 0 aromatic heterocycles. The lowest BCUT2D eigenvalue weighted by molar-refractivity contribution is 0.0915. The first kappa shape index (κ1) is 62.2. The second-order valence-electron chi connectivity index (χ2n) is 18.9. The molecule has 0 aliphatic heterocycles. The molecule has 0 atom stereocenters. The summed E-state index contributed by atoms with van der Waals surface area (Å²) in [5.74, 6) is 2.63. The number of benzene rings is 2. The van der Waals surface area contributed by atoms with Crippen molar-refractivity contribution in [3.63, 3.8) is 0 Å². The summed E-state index contributed by atoms with van der Waals surface area (Å²) in [5, 5.41) is 0. The van der Waals surface area contributed by atoms with E-state index in [1.165, 1.54) is 116 Å². The highest BCUT2D eigenvalue weighted by atomic mass is 16.5. The minimum atomic E-state index is -0.324. The number of rotatable bonds is 49. The van der Waals surface area contributed by atoms with Crippen LogP contribution in [0.5, 0.6) is 34.5 Å². The van der Waals surface area contributed by atoms with Crippen molar-refractivity contribution >= 4 is 11.8 Å². The van der Waals surface area contributed by atoms with Crippen LogP contribution in [-0.4, -0.2) is 64.5 Å². The molecule has 0 aliphatic rings. The average molecular weight is 983 g/mol. The third kappa shape index (κ3) is 29.4. The highest BCUT2D eigenvalue weighted by Crippen LogP contribution is 2.41. The van der Waals surface area contributed by atoms with Gasteiger partial charge in [0, 0.05) is 24.2 Å². The molecule has 0 unspecified atom stereocenters. The topological polar surface area (TPSA) is 138 Å². The Labute approximate surface area is 426 Å². The summed E-state index contributed by atoms with van der Waals surface area (Å²) in [6.45, 7) is 17.2. The number of ether oxygens (including phenoxy) is 6. The second kappa shape index (κ2) is 43.9. The Balaban J connectivity index is 2.18. The Hall–Kier alpha value is -3.90. The number of hydrazine groups is 2. The maximum Gasteiger partial charge on any atom is 0.265 e. The monoisotopic (exact) mass is 983 g/mol. The lowest BCUT2D eigenvalue weighted by Crippen LogP contribution is -2.45. The summed E-state index contributed by atoms with van der Waals surface area (Å²) in [5.41, 5.74) is 12.5. The van der Waals surface area contributed by atoms with Gasteiger partial charge in [0.25, 0.3) is 11.8 Å². The predicted molar refractivity (Wildman–Crippen MR) is 289 cm³/mol. The predicted octanol–water partition coefficient (Wildman–Crippen LogP) is 15.0. The first-order valence-corrected chi connectivity index (χ1v) is 28.6. The van der Waals surface area contributed by atoms with Crippen molar-refractivity contribution in [2.24, 2.45) is 0 Å². The van der Waals surface area contributed by atoms with E-state index < -0.39 is 0 Å². The van der Waals surface area contributed by atoms with Crippen molar-refractivity contribution in [1.29, 1.82) is 0 Å². The van der Waals surface area contributed by atoms with Crippen molar-refractivity contribution in [2.75, 3.05) is 52.7 Å². The van der Waals surface area contributed by atoms with Gasteiger partial charge in [-0.3, -0.25) is 20.4 Å². The molecule has 2 amide bonds. The molecular formula is C58H102N4O8. The standard InChI is InChI=1S/C58H102N4O8/c1-7-13-19-25-31-39-65-51-45-49(46-52(66-40-32-26-20-14-8-2)55(51)69-43-35-29-23-17-11-5)57(63)61-59-37-38-60-62-58(64)50-47-53(67-41-33-27-21-15-9-3)56(70-44-36-30-24-18-12-6)54(48-50)68-42-34-28-22-16-10-4/h45-48,59-60H,7-44H2,1-6H3,(H,61,63)(H,62,64). The molecule has 70 heavy (non-hydrogen) atoms. The van der Waals surface area contributed by atoms with Crippen LogP contribution in [0.3, 0.4) is 0 Å². The van der Waals surface area contributed by atoms with Crippen LogP contribution in [0.15, 0.2) is 24.3 Å². The van der Waals surface area contributed by atoms with Crippen molar-refractivity contribution in [2.45, 2.75) is 234 Å². The molecule has 0 radical (unpaired) electrons. The van der Waals surface area contributed by atoms with Gasteiger partial charge < -0.3 is 28.4 Å². The molecule has 402 valence electrons. The molecule has 0 aliphatic carbocycles. The molecule has 4 N–H and O–H groups in total. The van der Waals surface area contributed by atoms with Gasteiger partial charge in [-0.2, -0.15) is 0 Å². The fourth-order valence-electron chi connectivity index (χ4n) is 7.99. The van der Waals surface area contributed by atoms with E-state index in [2.05, 4.69) is 63.2 Å². The number of carbonyl (C=O) groups is 2. The maximum absolute atomic E-state index is 13.7. The number of hydrogen-bond acceptors (Lipinski definition) is 10. The second-order valence-corrected chi connectivity index (χ2v) is 18.9. The van der Waals surface area contributed by atoms with Gasteiger partial charge in [-0.05, 0) is 62.8 Å². The zero-order chi connectivity index (χ0) is 50.5. The van der Waals surface area contributed by atoms with Crippen LogP contribution in [0.2, 0.25) is 0 Å². The lowest BCUT2D eigenvalue weighted by Gasteiger charge is -2.19. The van der Waals surface area contributed by atoms with E-state index >= 15 is 0 Å². The Morgan fingerprint density at radius 2 is 0.529 bits per heavy atom. The minimum absolute atomic E-state index is 0.324. The molecule has 0 saturated heterocycles. The molecule has 0 bridgehead atoms. The third-order valence-electron chi connectivity index (χ3n) is 12.4. The van der Waals surface area contributed by atoms with Crippen molar-refractivity contribution < 1.29 is 38.0 Å². The van der Waals surface area contributed by atoms with Crippen LogP contribution in [0, 0.1) is 0 Å². The van der Waals surface area contributed by atoms with Gasteiger partial charge >= 0.3 is 0 Å². The fraction of sp³-hybridized carbons (Fsp3) is 0.759. The van der Waals surface area contributed by atoms with E-state index in [9.17, 15) is 9.59 Å². The Bertz CT molecular complexity index is 1400. The molecule has 0 spiro atoms. The van der Waals surface area contributed by atoms with Crippen LogP contribution in [0.4, 0.5) is 0 Å². The number of hydrogen-bond donors (Lipinski definition) is 4. The van der Waals surface area contributed by atoms with Crippen LogP contribution in [-0.2, 0) is 0 Å². The summed E-state index contributed by atoms with van der Waals surface area (Å²) in [6.07, 6.45) is 33.6. The summed E-state index contributed by atoms with van der Waals surface area (Å²) in [4.78, 5) is 27.4. The van der Waals surface area contributed by atoms with Crippen LogP contribution < -0.4 is 50.1 Å². The van der Waals surface area contributed by atoms with E-state index in [4.69, 9.17) is 28.4 Å². The van der Waals surface area contributed by atoms with Crippen LogP contribution >= 0.6 is 0 Å². The first-order chi connectivity index (χ1) is 34.4. The molecule has 2 aromatic carbocycles. The zero-order valence-electron chi connectivity index (χ0n) is 45.4. The number of amides is 2. The van der Waals surface area contributed by atoms with E-state index in [1.807, 2.05) is 0 Å². The van der Waals surface area contributed by atoms with Crippen LogP contribution in [0.1, 0.15) is 255 Å². The summed E-state index contributed by atoms with van der Waals surface area (Å²) in [6, 6.07) is 7.06. The molecule has 2 rings (SSSR count). The van der Waals surface area contributed by atoms with E-state index in [-0.39, 0.29) is 11.8 Å². The molecule has 0 saturated carbocycles. The Kier molecular flexibility index (Phi) is 39.0. The van der Waals surface area contributed by atoms with Gasteiger partial charge in [0.05, 0.1) is 39.6 Å². The van der Waals surface area contributed by atoms with Crippen LogP contribution in [0.25, 0.3) is 0 Å². The largest absolute Gasteiger partial charge is 0.490 e. The molecule has 12 nitrogen and oxygen atoms in total. The smallest absolute Gasteiger partial charge is 0.265 e. The van der Waals surface area contributed by atoms with E-state index in [0.717, 1.165) is 77.0 Å². The van der Waals surface area contributed by atoms with Gasteiger partial charge in [-0.15, -0.1) is 0 Å². The summed E-state index contributed by atoms with van der Waals surface area (Å²) in [7, 11) is 0. The van der Waals surface area contributed by atoms with Crippen molar-refractivity contribution in [1.82, 2.24) is 21.7 Å². The van der Waals surface area contributed by atoms with Gasteiger partial charge in [0.2, 0.25) is 11.5 Å². The first-order valence-electron chi connectivity index (χ1n) is 28.6. The van der Waals surface area contributed by atoms with E-state index in [1.54, 1.807) is 24.3 Å². The van der Waals surface area contributed by atoms with Crippen molar-refractivity contribution in [3.05, 3.63) is 35.4 Å². The number of nitrogens with one attached hydrogen (secondary N) is 4. The van der Waals surface area contributed by atoms with Crippen molar-refractivity contribution in [3.8, 4) is 34.5 Å². The highest BCUT2D eigenvalue weighted by molar-refractivity contribution is 5.96. The summed E-state index contributed by atoms with van der Waals surface area (Å²) < 4.78 is 38.3. The Morgan fingerprint density at radius 1 is 0.314 bits per heavy atom. The van der Waals surface area contributed by atoms with Gasteiger partial charge in [-0.1, -0.05) is 196 Å². The number of carbonyl (C=O) groups excluding carboxylic acids is 2. The summed E-state index contributed by atoms with van der Waals surface area (Å²) >= 11 is 0. The molecule has 0 heterocycles. The molecule has 2 aromatic rings.